The summed E-state index contributed by atoms with van der Waals surface area (Å²) in [5.74, 6) is 0. The monoisotopic (exact) mass is 206 g/mol. The number of nitrogens with zero attached hydrogens (tertiary/aromatic N) is 1. The number of hydrogen-bond acceptors (Lipinski definition) is 1. The van der Waals surface area contributed by atoms with Crippen LogP contribution in [0.3, 0.4) is 0 Å². The largest absolute Gasteiger partial charge is 0.347 e. The van der Waals surface area contributed by atoms with Gasteiger partial charge in [-0.3, -0.25) is 4.39 Å². The van der Waals surface area contributed by atoms with Crippen LogP contribution in [-0.2, 0) is 13.1 Å². The van der Waals surface area contributed by atoms with E-state index >= 15 is 0 Å². The fraction of sp³-hybridized carbons (Fsp3) is 0.333. The van der Waals surface area contributed by atoms with Gasteiger partial charge in [0.15, 0.2) is 0 Å². The maximum Gasteiger partial charge on any atom is 0.0911 e. The zero-order chi connectivity index (χ0) is 10.7. The molecule has 0 fully saturated rings. The van der Waals surface area contributed by atoms with Gasteiger partial charge < -0.3 is 10.3 Å². The van der Waals surface area contributed by atoms with Gasteiger partial charge in [0.1, 0.15) is 0 Å². The van der Waals surface area contributed by atoms with E-state index in [2.05, 4.69) is 16.7 Å². The molecule has 0 aliphatic rings. The van der Waals surface area contributed by atoms with Crippen molar-refractivity contribution in [1.29, 1.82) is 0 Å². The molecule has 3 heteroatoms. The smallest absolute Gasteiger partial charge is 0.0911 e. The summed E-state index contributed by atoms with van der Waals surface area (Å²) in [7, 11) is 0. The minimum absolute atomic E-state index is 0.263. The third-order valence-electron chi connectivity index (χ3n) is 2.60. The van der Waals surface area contributed by atoms with Gasteiger partial charge >= 0.3 is 0 Å². The number of fused-ring (bicyclic) bond motifs is 1. The van der Waals surface area contributed by atoms with E-state index in [4.69, 9.17) is 5.73 Å². The Morgan fingerprint density at radius 2 is 2.13 bits per heavy atom. The lowest BCUT2D eigenvalue weighted by Gasteiger charge is -2.03. The normalized spacial score (nSPS) is 11.1. The molecule has 0 atom stereocenters. The molecule has 0 saturated heterocycles. The molecule has 0 aliphatic carbocycles. The quantitative estimate of drug-likeness (QED) is 0.818. The van der Waals surface area contributed by atoms with E-state index in [1.54, 1.807) is 0 Å². The first-order valence-corrected chi connectivity index (χ1v) is 5.19. The zero-order valence-corrected chi connectivity index (χ0v) is 8.62. The van der Waals surface area contributed by atoms with E-state index in [1.165, 1.54) is 5.39 Å². The molecule has 15 heavy (non-hydrogen) atoms. The van der Waals surface area contributed by atoms with Crippen molar-refractivity contribution >= 4 is 10.9 Å². The molecule has 80 valence electrons. The van der Waals surface area contributed by atoms with Gasteiger partial charge in [0.25, 0.3) is 0 Å². The Morgan fingerprint density at radius 1 is 1.27 bits per heavy atom. The molecular formula is C12H15FN2. The second kappa shape index (κ2) is 4.45. The molecule has 2 rings (SSSR count). The molecule has 0 bridgehead atoms. The first kappa shape index (κ1) is 10.2. The predicted octanol–water partition coefficient (Wildman–Crippen LogP) is 2.46. The van der Waals surface area contributed by atoms with Gasteiger partial charge in [0, 0.05) is 24.8 Å². The maximum absolute atomic E-state index is 12.1. The van der Waals surface area contributed by atoms with Crippen LogP contribution in [0.5, 0.6) is 0 Å². The van der Waals surface area contributed by atoms with Crippen LogP contribution < -0.4 is 5.73 Å². The van der Waals surface area contributed by atoms with E-state index in [0.717, 1.165) is 17.6 Å². The summed E-state index contributed by atoms with van der Waals surface area (Å²) in [6, 6.07) is 8.21. The molecule has 0 amide bonds. The van der Waals surface area contributed by atoms with Crippen molar-refractivity contribution in [2.75, 3.05) is 6.67 Å². The van der Waals surface area contributed by atoms with Crippen LogP contribution in [0.2, 0.25) is 0 Å². The molecule has 0 radical (unpaired) electrons. The second-order valence-electron chi connectivity index (χ2n) is 3.65. The highest BCUT2D eigenvalue weighted by Gasteiger charge is 2.01. The number of rotatable bonds is 4. The van der Waals surface area contributed by atoms with E-state index in [1.807, 2.05) is 18.3 Å². The lowest BCUT2D eigenvalue weighted by molar-refractivity contribution is 0.450. The summed E-state index contributed by atoms with van der Waals surface area (Å²) >= 11 is 0. The molecule has 2 aromatic rings. The fourth-order valence-corrected chi connectivity index (χ4v) is 1.80. The Bertz CT molecular complexity index is 448. The van der Waals surface area contributed by atoms with Gasteiger partial charge in [-0.2, -0.15) is 0 Å². The molecule has 2 N–H and O–H groups in total. The minimum Gasteiger partial charge on any atom is -0.347 e. The van der Waals surface area contributed by atoms with Crippen molar-refractivity contribution in [3.8, 4) is 0 Å². The van der Waals surface area contributed by atoms with Crippen molar-refractivity contribution in [2.45, 2.75) is 19.5 Å². The summed E-state index contributed by atoms with van der Waals surface area (Å²) in [6.45, 7) is 1.04. The molecule has 2 nitrogen and oxygen atoms in total. The SMILES string of the molecule is NCc1ccc2c(ccn2CCCF)c1. The Kier molecular flexibility index (Phi) is 3.02. The van der Waals surface area contributed by atoms with Crippen LogP contribution in [0.4, 0.5) is 4.39 Å². The van der Waals surface area contributed by atoms with Crippen molar-refractivity contribution in [3.63, 3.8) is 0 Å². The predicted molar refractivity (Wildman–Crippen MR) is 60.4 cm³/mol. The number of alkyl halides is 1. The first-order valence-electron chi connectivity index (χ1n) is 5.19. The highest BCUT2D eigenvalue weighted by Crippen LogP contribution is 2.17. The summed E-state index contributed by atoms with van der Waals surface area (Å²) in [5.41, 5.74) is 7.86. The second-order valence-corrected chi connectivity index (χ2v) is 3.65. The van der Waals surface area contributed by atoms with E-state index < -0.39 is 0 Å². The molecule has 1 heterocycles. The van der Waals surface area contributed by atoms with Gasteiger partial charge in [-0.1, -0.05) is 6.07 Å². The van der Waals surface area contributed by atoms with Crippen LogP contribution in [0.15, 0.2) is 30.5 Å². The van der Waals surface area contributed by atoms with Crippen molar-refractivity contribution < 1.29 is 4.39 Å². The first-order chi connectivity index (χ1) is 7.35. The molecule has 1 aromatic carbocycles. The molecule has 0 aliphatic heterocycles. The number of hydrogen-bond donors (Lipinski definition) is 1. The van der Waals surface area contributed by atoms with Crippen LogP contribution in [0.1, 0.15) is 12.0 Å². The van der Waals surface area contributed by atoms with Crippen LogP contribution >= 0.6 is 0 Å². The average Bonchev–Trinajstić information content (AvgIpc) is 2.68. The van der Waals surface area contributed by atoms with Crippen molar-refractivity contribution in [3.05, 3.63) is 36.0 Å². The zero-order valence-electron chi connectivity index (χ0n) is 8.62. The number of benzene rings is 1. The van der Waals surface area contributed by atoms with E-state index in [0.29, 0.717) is 13.0 Å². The van der Waals surface area contributed by atoms with Crippen LogP contribution in [0, 0.1) is 0 Å². The van der Waals surface area contributed by atoms with Gasteiger partial charge in [-0.25, -0.2) is 0 Å². The Morgan fingerprint density at radius 3 is 2.87 bits per heavy atom. The summed E-state index contributed by atoms with van der Waals surface area (Å²) in [6.07, 6.45) is 2.57. The van der Waals surface area contributed by atoms with Gasteiger partial charge in [0.2, 0.25) is 0 Å². The highest BCUT2D eigenvalue weighted by molar-refractivity contribution is 5.80. The lowest BCUT2D eigenvalue weighted by Crippen LogP contribution is -1.98. The molecule has 1 aromatic heterocycles. The molecular weight excluding hydrogens is 191 g/mol. The highest BCUT2D eigenvalue weighted by atomic mass is 19.1. The third kappa shape index (κ3) is 2.02. The van der Waals surface area contributed by atoms with Gasteiger partial charge in [-0.05, 0) is 35.6 Å². The standard InChI is InChI=1S/C12H15FN2/c13-5-1-6-15-7-4-11-8-10(9-14)2-3-12(11)15/h2-4,7-8H,1,5-6,9,14H2. The van der Waals surface area contributed by atoms with Crippen molar-refractivity contribution in [2.24, 2.45) is 5.73 Å². The molecule has 0 spiro atoms. The molecule has 0 unspecified atom stereocenters. The lowest BCUT2D eigenvalue weighted by atomic mass is 10.1. The summed E-state index contributed by atoms with van der Waals surface area (Å²) in [4.78, 5) is 0. The number of aromatic nitrogens is 1. The molecule has 0 saturated carbocycles. The Hall–Kier alpha value is -1.35. The topological polar surface area (TPSA) is 30.9 Å². The van der Waals surface area contributed by atoms with Crippen LogP contribution in [0.25, 0.3) is 10.9 Å². The average molecular weight is 206 g/mol. The third-order valence-corrected chi connectivity index (χ3v) is 2.60. The number of nitrogens with two attached hydrogens (primary N) is 1. The summed E-state index contributed by atoms with van der Waals surface area (Å²) < 4.78 is 14.2. The fourth-order valence-electron chi connectivity index (χ4n) is 1.80. The number of halogens is 1. The van der Waals surface area contributed by atoms with Crippen molar-refractivity contribution in [1.82, 2.24) is 4.57 Å². The number of aryl methyl sites for hydroxylation is 1. The summed E-state index contributed by atoms with van der Waals surface area (Å²) in [5, 5.41) is 1.18. The maximum atomic E-state index is 12.1. The van der Waals surface area contributed by atoms with Crippen LogP contribution in [-0.4, -0.2) is 11.2 Å². The minimum atomic E-state index is -0.263. The van der Waals surface area contributed by atoms with E-state index in [9.17, 15) is 4.39 Å². The van der Waals surface area contributed by atoms with Gasteiger partial charge in [0.05, 0.1) is 6.67 Å². The van der Waals surface area contributed by atoms with Gasteiger partial charge in [-0.15, -0.1) is 0 Å². The Balaban J connectivity index is 2.34. The Labute approximate surface area is 88.5 Å². The van der Waals surface area contributed by atoms with E-state index in [-0.39, 0.29) is 6.67 Å².